The lowest BCUT2D eigenvalue weighted by atomic mass is 9.75. The Kier molecular flexibility index (Phi) is 7.66. The highest BCUT2D eigenvalue weighted by atomic mass is 19.4. The molecule has 4 aromatic carbocycles. The van der Waals surface area contributed by atoms with Gasteiger partial charge in [0.25, 0.3) is 0 Å². The van der Waals surface area contributed by atoms with Crippen molar-refractivity contribution in [1.82, 2.24) is 0 Å². The van der Waals surface area contributed by atoms with Crippen LogP contribution in [0.3, 0.4) is 0 Å². The van der Waals surface area contributed by atoms with Gasteiger partial charge in [0, 0.05) is 29.6 Å². The topological polar surface area (TPSA) is 55.8 Å². The Morgan fingerprint density at radius 1 is 1.02 bits per heavy atom. The van der Waals surface area contributed by atoms with Gasteiger partial charge in [-0.05, 0) is 89.9 Å². The molecule has 0 aromatic heterocycles. The molecule has 5 nitrogen and oxygen atoms in total. The van der Waals surface area contributed by atoms with E-state index in [0.717, 1.165) is 33.0 Å². The zero-order chi connectivity index (χ0) is 32.3. The number of ether oxygens (including phenoxy) is 2. The number of carbonyl (C=O) groups is 2. The molecular weight excluding hydrogens is 579 g/mol. The molecule has 0 spiro atoms. The van der Waals surface area contributed by atoms with Crippen molar-refractivity contribution in [3.63, 3.8) is 0 Å². The summed E-state index contributed by atoms with van der Waals surface area (Å²) in [5, 5.41) is 2.08. The van der Waals surface area contributed by atoms with E-state index in [1.165, 1.54) is 6.07 Å². The Morgan fingerprint density at radius 3 is 2.49 bits per heavy atom. The number of benzene rings is 4. The van der Waals surface area contributed by atoms with Gasteiger partial charge >= 0.3 is 12.3 Å². The first-order chi connectivity index (χ1) is 21.3. The summed E-state index contributed by atoms with van der Waals surface area (Å²) in [6.07, 6.45) is -4.47. The molecule has 1 unspecified atom stereocenters. The van der Waals surface area contributed by atoms with Gasteiger partial charge in [-0.3, -0.25) is 9.59 Å². The van der Waals surface area contributed by atoms with Crippen molar-refractivity contribution in [3.8, 4) is 16.9 Å². The van der Waals surface area contributed by atoms with E-state index in [9.17, 15) is 22.8 Å². The lowest BCUT2D eigenvalue weighted by molar-refractivity contribution is -0.274. The number of hydrogen-bond donors (Lipinski definition) is 0. The van der Waals surface area contributed by atoms with Crippen LogP contribution in [0.15, 0.2) is 72.8 Å². The second-order valence-electron chi connectivity index (χ2n) is 12.8. The molecule has 1 fully saturated rings. The largest absolute Gasteiger partial charge is 0.573 e. The third-order valence-corrected chi connectivity index (χ3v) is 9.17. The van der Waals surface area contributed by atoms with Crippen LogP contribution in [0.25, 0.3) is 21.9 Å². The van der Waals surface area contributed by atoms with Gasteiger partial charge in [0.05, 0.1) is 5.92 Å². The summed E-state index contributed by atoms with van der Waals surface area (Å²) in [6, 6.07) is 22.2. The predicted octanol–water partition coefficient (Wildman–Crippen LogP) is 9.16. The van der Waals surface area contributed by atoms with E-state index in [-0.39, 0.29) is 29.1 Å². The van der Waals surface area contributed by atoms with E-state index in [1.807, 2.05) is 83.1 Å². The lowest BCUT2D eigenvalue weighted by Crippen LogP contribution is -2.41. The third-order valence-electron chi connectivity index (χ3n) is 9.17. The van der Waals surface area contributed by atoms with Gasteiger partial charge in [-0.15, -0.1) is 13.2 Å². The fourth-order valence-electron chi connectivity index (χ4n) is 6.76. The molecule has 1 aliphatic carbocycles. The van der Waals surface area contributed by atoms with Crippen molar-refractivity contribution in [3.05, 3.63) is 95.1 Å². The van der Waals surface area contributed by atoms with Gasteiger partial charge in [-0.1, -0.05) is 68.4 Å². The van der Waals surface area contributed by atoms with Crippen molar-refractivity contribution < 1.29 is 32.2 Å². The van der Waals surface area contributed by atoms with Crippen LogP contribution in [0, 0.1) is 12.8 Å². The van der Waals surface area contributed by atoms with Crippen LogP contribution in [0.4, 0.5) is 18.9 Å². The molecule has 4 aromatic rings. The van der Waals surface area contributed by atoms with Gasteiger partial charge in [0.2, 0.25) is 5.91 Å². The van der Waals surface area contributed by atoms with Gasteiger partial charge < -0.3 is 14.4 Å². The van der Waals surface area contributed by atoms with Crippen LogP contribution in [0.5, 0.6) is 5.75 Å². The number of carbonyl (C=O) groups excluding carboxylic acids is 2. The monoisotopic (exact) mass is 615 g/mol. The zero-order valence-corrected chi connectivity index (χ0v) is 26.0. The number of amides is 1. The van der Waals surface area contributed by atoms with Crippen molar-refractivity contribution in [2.75, 3.05) is 11.4 Å². The molecule has 0 saturated heterocycles. The molecule has 0 N–H and O–H groups in total. The molecule has 2 aliphatic rings. The molecule has 1 amide bonds. The van der Waals surface area contributed by atoms with E-state index in [2.05, 4.69) is 4.74 Å². The minimum atomic E-state index is -4.89. The van der Waals surface area contributed by atoms with Crippen molar-refractivity contribution >= 4 is 28.3 Å². The van der Waals surface area contributed by atoms with E-state index in [0.29, 0.717) is 30.6 Å². The number of alkyl halides is 3. The predicted molar refractivity (Wildman–Crippen MR) is 168 cm³/mol. The molecule has 1 aliphatic heterocycles. The van der Waals surface area contributed by atoms with Gasteiger partial charge in [-0.2, -0.15) is 0 Å². The maximum atomic E-state index is 13.5. The number of rotatable bonds is 7. The van der Waals surface area contributed by atoms with Crippen molar-refractivity contribution in [2.45, 2.75) is 71.3 Å². The van der Waals surface area contributed by atoms with Crippen LogP contribution in [-0.2, 0) is 19.7 Å². The summed E-state index contributed by atoms with van der Waals surface area (Å²) in [4.78, 5) is 27.9. The first kappa shape index (κ1) is 30.7. The highest BCUT2D eigenvalue weighted by Crippen LogP contribution is 2.52. The van der Waals surface area contributed by atoms with E-state index in [4.69, 9.17) is 4.74 Å². The lowest BCUT2D eigenvalue weighted by Gasteiger charge is -2.39. The summed E-state index contributed by atoms with van der Waals surface area (Å²) in [5.41, 5.74) is 4.48. The van der Waals surface area contributed by atoms with Crippen LogP contribution in [-0.4, -0.2) is 24.8 Å². The molecule has 6 rings (SSSR count). The van der Waals surface area contributed by atoms with E-state index in [1.54, 1.807) is 23.1 Å². The molecule has 1 saturated carbocycles. The van der Waals surface area contributed by atoms with Crippen LogP contribution >= 0.6 is 0 Å². The second kappa shape index (κ2) is 11.2. The van der Waals surface area contributed by atoms with Crippen molar-refractivity contribution in [1.29, 1.82) is 0 Å². The SMILES string of the molecule is CCN1C(=O)CC(C)(C)c2cc(C)c(-c3cc([C@@H]4CC4C(=O)O[C@H](C)c4cccc5ccccc45)ccc3OC(F)(F)F)cc21. The summed E-state index contributed by atoms with van der Waals surface area (Å²) >= 11 is 0. The highest BCUT2D eigenvalue weighted by molar-refractivity contribution is 5.99. The van der Waals surface area contributed by atoms with Crippen LogP contribution < -0.4 is 9.64 Å². The average molecular weight is 616 g/mol. The average Bonchev–Trinajstić information content (AvgIpc) is 3.78. The quantitative estimate of drug-likeness (QED) is 0.195. The molecule has 0 bridgehead atoms. The minimum absolute atomic E-state index is 0.0256. The smallest absolute Gasteiger partial charge is 0.458 e. The van der Waals surface area contributed by atoms with Crippen LogP contribution in [0.1, 0.15) is 74.8 Å². The number of nitrogens with zero attached hydrogens (tertiary/aromatic N) is 1. The first-order valence-electron chi connectivity index (χ1n) is 15.3. The maximum Gasteiger partial charge on any atom is 0.573 e. The zero-order valence-electron chi connectivity index (χ0n) is 26.0. The summed E-state index contributed by atoms with van der Waals surface area (Å²) in [6.45, 7) is 10.0. The molecular formula is C37H36F3NO4. The number of halogens is 3. The minimum Gasteiger partial charge on any atom is -0.458 e. The fourth-order valence-corrected chi connectivity index (χ4v) is 6.76. The molecule has 3 atom stereocenters. The number of aryl methyl sites for hydroxylation is 1. The second-order valence-corrected chi connectivity index (χ2v) is 12.8. The summed E-state index contributed by atoms with van der Waals surface area (Å²) in [5.74, 6) is -1.28. The number of anilines is 1. The summed E-state index contributed by atoms with van der Waals surface area (Å²) < 4.78 is 51.0. The Morgan fingerprint density at radius 2 is 1.76 bits per heavy atom. The van der Waals surface area contributed by atoms with Gasteiger partial charge in [0.1, 0.15) is 11.9 Å². The molecule has 45 heavy (non-hydrogen) atoms. The molecule has 234 valence electrons. The Bertz CT molecular complexity index is 1810. The Labute approximate surface area is 260 Å². The Balaban J connectivity index is 1.32. The normalized spacial score (nSPS) is 19.6. The Hall–Kier alpha value is -4.33. The number of esters is 1. The van der Waals surface area contributed by atoms with Gasteiger partial charge in [0.15, 0.2) is 0 Å². The first-order valence-corrected chi connectivity index (χ1v) is 15.3. The third kappa shape index (κ3) is 5.90. The molecule has 1 heterocycles. The molecule has 8 heteroatoms. The van der Waals surface area contributed by atoms with Gasteiger partial charge in [-0.25, -0.2) is 0 Å². The van der Waals surface area contributed by atoms with E-state index >= 15 is 0 Å². The number of fused-ring (bicyclic) bond motifs is 2. The summed E-state index contributed by atoms with van der Waals surface area (Å²) in [7, 11) is 0. The van der Waals surface area contributed by atoms with Crippen molar-refractivity contribution in [2.24, 2.45) is 5.92 Å². The molecule has 0 radical (unpaired) electrons. The standard InChI is InChI=1S/C37H36F3NO4/c1-6-41-32-19-27(21(2)16-31(32)36(4,5)20-34(41)42)29-17-24(14-15-33(29)45-37(38,39)40)28-18-30(28)35(43)44-22(3)25-13-9-11-23-10-7-8-12-26(23)25/h7-17,19,22,28,30H,6,18,20H2,1-5H3/t22-,28+,30?/m1/s1. The van der Waals surface area contributed by atoms with Crippen LogP contribution in [0.2, 0.25) is 0 Å². The fraction of sp³-hybridized carbons (Fsp3) is 0.351. The van der Waals surface area contributed by atoms with E-state index < -0.39 is 23.8 Å². The number of hydrogen-bond acceptors (Lipinski definition) is 4. The maximum absolute atomic E-state index is 13.5. The highest BCUT2D eigenvalue weighted by Gasteiger charge is 2.46.